The first-order valence-electron chi connectivity index (χ1n) is 10.2. The highest BCUT2D eigenvalue weighted by molar-refractivity contribution is 7.22. The van der Waals surface area contributed by atoms with Gasteiger partial charge in [0.2, 0.25) is 0 Å². The van der Waals surface area contributed by atoms with E-state index >= 15 is 0 Å². The van der Waals surface area contributed by atoms with Crippen molar-refractivity contribution < 1.29 is 17.9 Å². The maximum atomic E-state index is 13.1. The van der Waals surface area contributed by atoms with Crippen LogP contribution in [0.3, 0.4) is 0 Å². The number of halogens is 3. The predicted octanol–water partition coefficient (Wildman–Crippen LogP) is 6.74. The maximum absolute atomic E-state index is 13.1. The lowest BCUT2D eigenvalue weighted by molar-refractivity contribution is -0.137. The highest BCUT2D eigenvalue weighted by Crippen LogP contribution is 2.35. The smallest absolute Gasteiger partial charge is 0.385 e. The predicted molar refractivity (Wildman–Crippen MR) is 123 cm³/mol. The van der Waals surface area contributed by atoms with Crippen LogP contribution in [0, 0.1) is 6.92 Å². The Bertz CT molecular complexity index is 1060. The SMILES string of the molecule is C=C(C)c1ccc(CCN(CCCOC)c2nc3ccc(C(F)(F)F)cc3s2)cc1C. The van der Waals surface area contributed by atoms with Crippen molar-refractivity contribution in [1.82, 2.24) is 4.98 Å². The van der Waals surface area contributed by atoms with Gasteiger partial charge in [0.15, 0.2) is 5.13 Å². The molecule has 1 heterocycles. The Morgan fingerprint density at radius 2 is 1.94 bits per heavy atom. The molecule has 3 rings (SSSR count). The number of hydrogen-bond donors (Lipinski definition) is 0. The number of anilines is 1. The van der Waals surface area contributed by atoms with E-state index in [2.05, 4.69) is 41.6 Å². The van der Waals surface area contributed by atoms with Crippen LogP contribution in [-0.4, -0.2) is 31.8 Å². The van der Waals surface area contributed by atoms with Gasteiger partial charge in [0, 0.05) is 26.8 Å². The Morgan fingerprint density at radius 3 is 2.58 bits per heavy atom. The summed E-state index contributed by atoms with van der Waals surface area (Å²) in [6, 6.07) is 10.1. The summed E-state index contributed by atoms with van der Waals surface area (Å²) in [4.78, 5) is 6.74. The zero-order chi connectivity index (χ0) is 22.6. The number of benzene rings is 2. The van der Waals surface area contributed by atoms with Crippen LogP contribution in [0.25, 0.3) is 15.8 Å². The van der Waals surface area contributed by atoms with E-state index in [0.29, 0.717) is 16.8 Å². The van der Waals surface area contributed by atoms with Crippen LogP contribution >= 0.6 is 11.3 Å². The molecule has 0 aliphatic carbocycles. The second-order valence-electron chi connectivity index (χ2n) is 7.69. The summed E-state index contributed by atoms with van der Waals surface area (Å²) in [5.41, 5.74) is 4.54. The first-order valence-corrected chi connectivity index (χ1v) is 11.0. The number of allylic oxidation sites excluding steroid dienone is 1. The Hall–Kier alpha value is -2.38. The van der Waals surface area contributed by atoms with Crippen molar-refractivity contribution >= 4 is 32.3 Å². The Labute approximate surface area is 185 Å². The molecule has 0 amide bonds. The van der Waals surface area contributed by atoms with E-state index in [1.807, 2.05) is 6.92 Å². The lowest BCUT2D eigenvalue weighted by Crippen LogP contribution is -2.27. The molecule has 0 saturated carbocycles. The van der Waals surface area contributed by atoms with Gasteiger partial charge in [-0.1, -0.05) is 41.7 Å². The van der Waals surface area contributed by atoms with Gasteiger partial charge in [-0.2, -0.15) is 13.2 Å². The van der Waals surface area contributed by atoms with Crippen molar-refractivity contribution in [2.24, 2.45) is 0 Å². The Morgan fingerprint density at radius 1 is 1.16 bits per heavy atom. The van der Waals surface area contributed by atoms with E-state index < -0.39 is 11.7 Å². The van der Waals surface area contributed by atoms with E-state index in [1.54, 1.807) is 7.11 Å². The minimum Gasteiger partial charge on any atom is -0.385 e. The van der Waals surface area contributed by atoms with Gasteiger partial charge >= 0.3 is 6.18 Å². The van der Waals surface area contributed by atoms with Crippen LogP contribution < -0.4 is 4.90 Å². The lowest BCUT2D eigenvalue weighted by atomic mass is 9.99. The van der Waals surface area contributed by atoms with Crippen LogP contribution in [0.1, 0.15) is 35.6 Å². The number of hydrogen-bond acceptors (Lipinski definition) is 4. The number of ether oxygens (including phenoxy) is 1. The molecule has 0 spiro atoms. The van der Waals surface area contributed by atoms with E-state index in [0.717, 1.165) is 48.3 Å². The van der Waals surface area contributed by atoms with E-state index in [-0.39, 0.29) is 0 Å². The highest BCUT2D eigenvalue weighted by atomic mass is 32.1. The van der Waals surface area contributed by atoms with Crippen LogP contribution in [-0.2, 0) is 17.3 Å². The standard InChI is InChI=1S/C24H27F3N2OS/c1-16(2)20-8-6-18(14-17(20)3)10-12-29(11-5-13-30-4)23-28-21-9-7-19(24(25,26)27)15-22(21)31-23/h6-9,14-15H,1,5,10-13H2,2-4H3. The van der Waals surface area contributed by atoms with Crippen molar-refractivity contribution in [2.45, 2.75) is 32.9 Å². The van der Waals surface area contributed by atoms with E-state index in [4.69, 9.17) is 4.74 Å². The van der Waals surface area contributed by atoms with Gasteiger partial charge in [-0.25, -0.2) is 4.98 Å². The average molecular weight is 449 g/mol. The van der Waals surface area contributed by atoms with Gasteiger partial charge in [0.1, 0.15) is 0 Å². The third-order valence-electron chi connectivity index (χ3n) is 5.17. The second-order valence-corrected chi connectivity index (χ2v) is 8.70. The molecule has 1 aromatic heterocycles. The maximum Gasteiger partial charge on any atom is 0.416 e. The largest absolute Gasteiger partial charge is 0.416 e. The molecule has 0 N–H and O–H groups in total. The Kier molecular flexibility index (Phi) is 7.38. The first-order chi connectivity index (χ1) is 14.7. The third-order valence-corrected chi connectivity index (χ3v) is 6.25. The van der Waals surface area contributed by atoms with Gasteiger partial charge < -0.3 is 9.64 Å². The third kappa shape index (κ3) is 5.86. The van der Waals surface area contributed by atoms with Crippen molar-refractivity contribution in [1.29, 1.82) is 0 Å². The zero-order valence-electron chi connectivity index (χ0n) is 18.1. The van der Waals surface area contributed by atoms with Crippen molar-refractivity contribution in [3.63, 3.8) is 0 Å². The molecule has 2 aromatic carbocycles. The molecule has 3 aromatic rings. The number of methoxy groups -OCH3 is 1. The molecule has 0 atom stereocenters. The topological polar surface area (TPSA) is 25.4 Å². The lowest BCUT2D eigenvalue weighted by Gasteiger charge is -2.22. The number of aromatic nitrogens is 1. The number of rotatable bonds is 9. The number of fused-ring (bicyclic) bond motifs is 1. The summed E-state index contributed by atoms with van der Waals surface area (Å²) in [6.45, 7) is 10.2. The molecule has 0 bridgehead atoms. The van der Waals surface area contributed by atoms with Crippen LogP contribution in [0.5, 0.6) is 0 Å². The molecule has 7 heteroatoms. The normalized spacial score (nSPS) is 11.8. The molecule has 31 heavy (non-hydrogen) atoms. The van der Waals surface area contributed by atoms with E-state index in [1.165, 1.54) is 34.6 Å². The highest BCUT2D eigenvalue weighted by Gasteiger charge is 2.30. The monoisotopic (exact) mass is 448 g/mol. The molecular weight excluding hydrogens is 421 g/mol. The van der Waals surface area contributed by atoms with Crippen molar-refractivity contribution in [2.75, 3.05) is 31.7 Å². The molecule has 0 aliphatic heterocycles. The van der Waals surface area contributed by atoms with Crippen molar-refractivity contribution in [3.8, 4) is 0 Å². The number of alkyl halides is 3. The number of thiazole rings is 1. The van der Waals surface area contributed by atoms with Gasteiger partial charge in [-0.15, -0.1) is 0 Å². The summed E-state index contributed by atoms with van der Waals surface area (Å²) in [7, 11) is 1.66. The Balaban J connectivity index is 1.81. The van der Waals surface area contributed by atoms with Gasteiger partial charge in [0.05, 0.1) is 15.8 Å². The molecule has 166 valence electrons. The molecule has 0 fully saturated rings. The van der Waals surface area contributed by atoms with Crippen LogP contribution in [0.15, 0.2) is 43.0 Å². The fraction of sp³-hybridized carbons (Fsp3) is 0.375. The first kappa shape index (κ1) is 23.3. The van der Waals surface area contributed by atoms with Gasteiger partial charge in [-0.05, 0) is 61.6 Å². The second kappa shape index (κ2) is 9.83. The fourth-order valence-electron chi connectivity index (χ4n) is 3.55. The number of nitrogens with zero attached hydrogens (tertiary/aromatic N) is 2. The summed E-state index contributed by atoms with van der Waals surface area (Å²) in [5, 5.41) is 0.737. The fourth-order valence-corrected chi connectivity index (χ4v) is 4.61. The van der Waals surface area contributed by atoms with Gasteiger partial charge in [0.25, 0.3) is 0 Å². The zero-order valence-corrected chi connectivity index (χ0v) is 18.9. The molecule has 0 aliphatic rings. The van der Waals surface area contributed by atoms with Gasteiger partial charge in [-0.3, -0.25) is 0 Å². The number of aryl methyl sites for hydroxylation is 1. The summed E-state index contributed by atoms with van der Waals surface area (Å²) in [5.74, 6) is 0. The molecule has 3 nitrogen and oxygen atoms in total. The molecular formula is C24H27F3N2OS. The van der Waals surface area contributed by atoms with Crippen LogP contribution in [0.2, 0.25) is 0 Å². The summed E-state index contributed by atoms with van der Waals surface area (Å²) in [6.07, 6.45) is -2.73. The van der Waals surface area contributed by atoms with Crippen LogP contribution in [0.4, 0.5) is 18.3 Å². The minimum absolute atomic E-state index is 0.545. The van der Waals surface area contributed by atoms with Crippen molar-refractivity contribution in [3.05, 3.63) is 65.2 Å². The van der Waals surface area contributed by atoms with E-state index in [9.17, 15) is 13.2 Å². The summed E-state index contributed by atoms with van der Waals surface area (Å²) < 4.78 is 44.9. The minimum atomic E-state index is -4.36. The molecule has 0 unspecified atom stereocenters. The molecule has 0 radical (unpaired) electrons. The summed E-state index contributed by atoms with van der Waals surface area (Å²) >= 11 is 1.30. The molecule has 0 saturated heterocycles. The quantitative estimate of drug-likeness (QED) is 0.339. The average Bonchev–Trinajstić information content (AvgIpc) is 3.12.